The van der Waals surface area contributed by atoms with Crippen LogP contribution in [0, 0.1) is 5.92 Å². The van der Waals surface area contributed by atoms with E-state index in [1.165, 1.54) is 0 Å². The van der Waals surface area contributed by atoms with E-state index in [0.717, 1.165) is 36.7 Å². The van der Waals surface area contributed by atoms with E-state index in [1.807, 2.05) is 18.2 Å². The number of fused-ring (bicyclic) bond motifs is 1. The summed E-state index contributed by atoms with van der Waals surface area (Å²) in [6.45, 7) is 2.76. The highest BCUT2D eigenvalue weighted by Crippen LogP contribution is 2.35. The van der Waals surface area contributed by atoms with Crippen LogP contribution >= 0.6 is 0 Å². The van der Waals surface area contributed by atoms with Gasteiger partial charge in [-0.25, -0.2) is 0 Å². The summed E-state index contributed by atoms with van der Waals surface area (Å²) in [5.41, 5.74) is 7.21. The summed E-state index contributed by atoms with van der Waals surface area (Å²) in [6, 6.07) is 6.00. The minimum absolute atomic E-state index is 0.0701. The van der Waals surface area contributed by atoms with Crippen molar-refractivity contribution in [1.82, 2.24) is 0 Å². The molecule has 1 saturated heterocycles. The molecule has 0 aliphatic carbocycles. The van der Waals surface area contributed by atoms with Crippen molar-refractivity contribution in [2.45, 2.75) is 25.3 Å². The van der Waals surface area contributed by atoms with Crippen molar-refractivity contribution in [2.75, 3.05) is 31.2 Å². The van der Waals surface area contributed by atoms with Crippen LogP contribution in [0.5, 0.6) is 11.5 Å². The molecule has 2 aliphatic rings. The molecule has 0 aromatic heterocycles. The predicted molar refractivity (Wildman–Crippen MR) is 82.6 cm³/mol. The minimum atomic E-state index is -0.745. The second-order valence-electron chi connectivity index (χ2n) is 6.03. The Morgan fingerprint density at radius 1 is 1.27 bits per heavy atom. The van der Waals surface area contributed by atoms with E-state index in [9.17, 15) is 4.79 Å². The van der Waals surface area contributed by atoms with Gasteiger partial charge in [-0.3, -0.25) is 4.79 Å². The number of nitrogens with zero attached hydrogens (tertiary/aromatic N) is 1. The summed E-state index contributed by atoms with van der Waals surface area (Å²) in [5, 5.41) is 8.85. The molecule has 6 nitrogen and oxygen atoms in total. The number of piperidine rings is 1. The third-order valence-electron chi connectivity index (χ3n) is 4.23. The van der Waals surface area contributed by atoms with Gasteiger partial charge in [0.05, 0.1) is 0 Å². The first-order valence-corrected chi connectivity index (χ1v) is 7.74. The zero-order valence-corrected chi connectivity index (χ0v) is 12.5. The van der Waals surface area contributed by atoms with E-state index >= 15 is 0 Å². The summed E-state index contributed by atoms with van der Waals surface area (Å²) >= 11 is 0. The van der Waals surface area contributed by atoms with Gasteiger partial charge in [0.2, 0.25) is 0 Å². The quantitative estimate of drug-likeness (QED) is 0.876. The first-order valence-electron chi connectivity index (χ1n) is 7.74. The standard InChI is InChI=1S/C16H22N2O4/c17-12-7-11(1-4-16(19)20)9-18(10-12)13-2-3-14-15(8-13)22-6-5-21-14/h2-3,8,11-12H,1,4-7,9-10,17H2,(H,19,20). The van der Waals surface area contributed by atoms with Crippen LogP contribution in [0.15, 0.2) is 18.2 Å². The van der Waals surface area contributed by atoms with E-state index in [0.29, 0.717) is 25.6 Å². The molecule has 0 radical (unpaired) electrons. The number of aliphatic carboxylic acids is 1. The molecular formula is C16H22N2O4. The lowest BCUT2D eigenvalue weighted by atomic mass is 9.90. The van der Waals surface area contributed by atoms with Crippen LogP contribution in [0.2, 0.25) is 0 Å². The van der Waals surface area contributed by atoms with Crippen molar-refractivity contribution < 1.29 is 19.4 Å². The van der Waals surface area contributed by atoms with Crippen molar-refractivity contribution in [3.63, 3.8) is 0 Å². The first kappa shape index (κ1) is 15.0. The molecule has 3 rings (SSSR count). The van der Waals surface area contributed by atoms with Crippen LogP contribution in [0.4, 0.5) is 5.69 Å². The molecule has 0 amide bonds. The Kier molecular flexibility index (Phi) is 4.38. The number of carbonyl (C=O) groups is 1. The summed E-state index contributed by atoms with van der Waals surface area (Å²) in [4.78, 5) is 13.0. The van der Waals surface area contributed by atoms with Gasteiger partial charge in [0.25, 0.3) is 0 Å². The first-order chi connectivity index (χ1) is 10.6. The van der Waals surface area contributed by atoms with Crippen LogP contribution in [0.1, 0.15) is 19.3 Å². The van der Waals surface area contributed by atoms with Crippen LogP contribution in [0.25, 0.3) is 0 Å². The Morgan fingerprint density at radius 3 is 2.82 bits per heavy atom. The van der Waals surface area contributed by atoms with Crippen LogP contribution in [-0.4, -0.2) is 43.4 Å². The predicted octanol–water partition coefficient (Wildman–Crippen LogP) is 1.48. The van der Waals surface area contributed by atoms with Gasteiger partial charge in [0.15, 0.2) is 11.5 Å². The Labute approximate surface area is 129 Å². The van der Waals surface area contributed by atoms with Crippen LogP contribution in [0.3, 0.4) is 0 Å². The Bertz CT molecular complexity index is 549. The fourth-order valence-corrected chi connectivity index (χ4v) is 3.22. The molecule has 22 heavy (non-hydrogen) atoms. The van der Waals surface area contributed by atoms with Crippen molar-refractivity contribution in [3.05, 3.63) is 18.2 Å². The number of carboxylic acids is 1. The van der Waals surface area contributed by atoms with E-state index in [2.05, 4.69) is 4.90 Å². The smallest absolute Gasteiger partial charge is 0.303 e. The summed E-state index contributed by atoms with van der Waals surface area (Å²) < 4.78 is 11.2. The monoisotopic (exact) mass is 306 g/mol. The normalized spacial score (nSPS) is 24.1. The molecule has 1 aromatic carbocycles. The lowest BCUT2D eigenvalue weighted by Gasteiger charge is -2.38. The highest BCUT2D eigenvalue weighted by atomic mass is 16.6. The SMILES string of the molecule is NC1CC(CCC(=O)O)CN(c2ccc3c(c2)OCCO3)C1. The number of anilines is 1. The molecule has 2 unspecified atom stereocenters. The molecule has 2 atom stereocenters. The molecule has 1 aromatic rings. The van der Waals surface area contributed by atoms with Gasteiger partial charge < -0.3 is 25.2 Å². The number of carboxylic acid groups (broad SMARTS) is 1. The molecular weight excluding hydrogens is 284 g/mol. The van der Waals surface area contributed by atoms with Crippen LogP contribution < -0.4 is 20.1 Å². The number of nitrogens with two attached hydrogens (primary N) is 1. The van der Waals surface area contributed by atoms with Crippen molar-refractivity contribution in [3.8, 4) is 11.5 Å². The summed E-state index contributed by atoms with van der Waals surface area (Å²) in [5.74, 6) is 1.11. The van der Waals surface area contributed by atoms with Gasteiger partial charge in [0.1, 0.15) is 13.2 Å². The second kappa shape index (κ2) is 6.44. The maximum atomic E-state index is 10.8. The zero-order chi connectivity index (χ0) is 15.5. The average molecular weight is 306 g/mol. The van der Waals surface area contributed by atoms with Gasteiger partial charge in [-0.05, 0) is 30.9 Å². The number of ether oxygens (including phenoxy) is 2. The van der Waals surface area contributed by atoms with Gasteiger partial charge >= 0.3 is 5.97 Å². The lowest BCUT2D eigenvalue weighted by molar-refractivity contribution is -0.137. The van der Waals surface area contributed by atoms with Crippen molar-refractivity contribution in [1.29, 1.82) is 0 Å². The zero-order valence-electron chi connectivity index (χ0n) is 12.5. The summed E-state index contributed by atoms with van der Waals surface area (Å²) in [6.07, 6.45) is 1.75. The molecule has 120 valence electrons. The molecule has 3 N–H and O–H groups in total. The summed E-state index contributed by atoms with van der Waals surface area (Å²) in [7, 11) is 0. The highest BCUT2D eigenvalue weighted by molar-refractivity contribution is 5.66. The Balaban J connectivity index is 1.71. The van der Waals surface area contributed by atoms with Crippen molar-refractivity contribution >= 4 is 11.7 Å². The van der Waals surface area contributed by atoms with E-state index < -0.39 is 5.97 Å². The number of benzene rings is 1. The molecule has 2 aliphatic heterocycles. The largest absolute Gasteiger partial charge is 0.486 e. The van der Waals surface area contributed by atoms with E-state index in [-0.39, 0.29) is 12.5 Å². The van der Waals surface area contributed by atoms with Gasteiger partial charge in [-0.2, -0.15) is 0 Å². The minimum Gasteiger partial charge on any atom is -0.486 e. The maximum absolute atomic E-state index is 10.8. The van der Waals surface area contributed by atoms with E-state index in [1.54, 1.807) is 0 Å². The Hall–Kier alpha value is -1.95. The fourth-order valence-electron chi connectivity index (χ4n) is 3.22. The molecule has 6 heteroatoms. The lowest BCUT2D eigenvalue weighted by Crippen LogP contribution is -2.47. The highest BCUT2D eigenvalue weighted by Gasteiger charge is 2.26. The third kappa shape index (κ3) is 3.44. The molecule has 0 spiro atoms. The van der Waals surface area contributed by atoms with Crippen LogP contribution in [-0.2, 0) is 4.79 Å². The topological polar surface area (TPSA) is 85.0 Å². The van der Waals surface area contributed by atoms with Gasteiger partial charge in [0, 0.05) is 37.3 Å². The molecule has 1 fully saturated rings. The third-order valence-corrected chi connectivity index (χ3v) is 4.23. The maximum Gasteiger partial charge on any atom is 0.303 e. The van der Waals surface area contributed by atoms with Crippen molar-refractivity contribution in [2.24, 2.45) is 11.7 Å². The molecule has 2 heterocycles. The number of hydrogen-bond donors (Lipinski definition) is 2. The number of rotatable bonds is 4. The number of hydrogen-bond acceptors (Lipinski definition) is 5. The average Bonchev–Trinajstić information content (AvgIpc) is 2.52. The Morgan fingerprint density at radius 2 is 2.05 bits per heavy atom. The molecule has 0 bridgehead atoms. The van der Waals surface area contributed by atoms with Gasteiger partial charge in [-0.15, -0.1) is 0 Å². The van der Waals surface area contributed by atoms with E-state index in [4.69, 9.17) is 20.3 Å². The molecule has 0 saturated carbocycles. The second-order valence-corrected chi connectivity index (χ2v) is 6.03. The fraction of sp³-hybridized carbons (Fsp3) is 0.562. The van der Waals surface area contributed by atoms with Gasteiger partial charge in [-0.1, -0.05) is 0 Å².